The molecule has 0 bridgehead atoms. The van der Waals surface area contributed by atoms with Crippen LogP contribution in [0.5, 0.6) is 5.75 Å². The molecule has 2 fully saturated rings. The number of fused-ring (bicyclic) bond motifs is 1. The molecule has 0 aromatic heterocycles. The van der Waals surface area contributed by atoms with Crippen molar-refractivity contribution in [1.29, 1.82) is 0 Å². The molecule has 0 spiro atoms. The lowest BCUT2D eigenvalue weighted by molar-refractivity contribution is 0.177. The highest BCUT2D eigenvalue weighted by Crippen LogP contribution is 2.53. The van der Waals surface area contributed by atoms with Crippen molar-refractivity contribution in [3.63, 3.8) is 0 Å². The third kappa shape index (κ3) is 1.14. The predicted octanol–water partition coefficient (Wildman–Crippen LogP) is 1.95. The molecule has 2 aliphatic rings. The van der Waals surface area contributed by atoms with Crippen LogP contribution in [0.4, 0.5) is 0 Å². The molecule has 1 saturated heterocycles. The zero-order chi connectivity index (χ0) is 10.3. The molecule has 2 nitrogen and oxygen atoms in total. The van der Waals surface area contributed by atoms with Crippen LogP contribution in [0.1, 0.15) is 18.4 Å². The van der Waals surface area contributed by atoms with Crippen LogP contribution in [0.25, 0.3) is 0 Å². The van der Waals surface area contributed by atoms with Crippen molar-refractivity contribution in [3.8, 4) is 5.75 Å². The van der Waals surface area contributed by atoms with E-state index >= 15 is 0 Å². The zero-order valence-electron chi connectivity index (χ0n) is 9.12. The Labute approximate surface area is 90.6 Å². The molecule has 3 rings (SSSR count). The number of hydrogen-bond donors (Lipinski definition) is 1. The molecule has 1 heterocycles. The van der Waals surface area contributed by atoms with Crippen molar-refractivity contribution in [2.45, 2.75) is 18.3 Å². The van der Waals surface area contributed by atoms with Crippen LogP contribution >= 0.6 is 0 Å². The molecule has 1 N–H and O–H groups in total. The normalized spacial score (nSPS) is 33.3. The Morgan fingerprint density at radius 1 is 1.40 bits per heavy atom. The number of para-hydroxylation sites is 1. The second-order valence-corrected chi connectivity index (χ2v) is 4.72. The number of hydrogen-bond acceptors (Lipinski definition) is 2. The van der Waals surface area contributed by atoms with Gasteiger partial charge in [-0.2, -0.15) is 0 Å². The van der Waals surface area contributed by atoms with Crippen LogP contribution in [0.2, 0.25) is 0 Å². The van der Waals surface area contributed by atoms with E-state index in [1.54, 1.807) is 7.11 Å². The third-order valence-electron chi connectivity index (χ3n) is 4.19. The number of methoxy groups -OCH3 is 1. The molecular formula is C13H17NO. The Morgan fingerprint density at radius 3 is 2.93 bits per heavy atom. The summed E-state index contributed by atoms with van der Waals surface area (Å²) in [6.45, 7) is 2.30. The summed E-state index contributed by atoms with van der Waals surface area (Å²) in [7, 11) is 1.77. The fourth-order valence-electron chi connectivity index (χ4n) is 3.20. The van der Waals surface area contributed by atoms with Crippen LogP contribution in [0, 0.1) is 5.92 Å². The average Bonchev–Trinajstić information content (AvgIpc) is 2.55. The highest BCUT2D eigenvalue weighted by Gasteiger charge is 2.51. The van der Waals surface area contributed by atoms with Gasteiger partial charge in [0.25, 0.3) is 0 Å². The second-order valence-electron chi connectivity index (χ2n) is 4.72. The first-order valence-electron chi connectivity index (χ1n) is 5.71. The Morgan fingerprint density at radius 2 is 2.27 bits per heavy atom. The first-order valence-corrected chi connectivity index (χ1v) is 5.71. The second kappa shape index (κ2) is 3.24. The summed E-state index contributed by atoms with van der Waals surface area (Å²) in [5, 5.41) is 3.52. The van der Waals surface area contributed by atoms with E-state index in [4.69, 9.17) is 4.74 Å². The van der Waals surface area contributed by atoms with Gasteiger partial charge in [-0.1, -0.05) is 18.2 Å². The molecule has 2 unspecified atom stereocenters. The van der Waals surface area contributed by atoms with Gasteiger partial charge in [0.15, 0.2) is 0 Å². The summed E-state index contributed by atoms with van der Waals surface area (Å²) in [6, 6.07) is 8.49. The highest BCUT2D eigenvalue weighted by molar-refractivity contribution is 5.43. The summed E-state index contributed by atoms with van der Waals surface area (Å²) in [5.41, 5.74) is 1.79. The van der Waals surface area contributed by atoms with Gasteiger partial charge in [0, 0.05) is 17.5 Å². The largest absolute Gasteiger partial charge is 0.496 e. The summed E-state index contributed by atoms with van der Waals surface area (Å²) < 4.78 is 5.48. The number of ether oxygens (including phenoxy) is 1. The quantitative estimate of drug-likeness (QED) is 0.793. The smallest absolute Gasteiger partial charge is 0.122 e. The van der Waals surface area contributed by atoms with Crippen molar-refractivity contribution in [2.75, 3.05) is 20.2 Å². The summed E-state index contributed by atoms with van der Waals surface area (Å²) >= 11 is 0. The van der Waals surface area contributed by atoms with Gasteiger partial charge in [-0.3, -0.25) is 0 Å². The zero-order valence-corrected chi connectivity index (χ0v) is 9.12. The van der Waals surface area contributed by atoms with Crippen molar-refractivity contribution < 1.29 is 4.74 Å². The highest BCUT2D eigenvalue weighted by atomic mass is 16.5. The first-order chi connectivity index (χ1) is 7.37. The van der Waals surface area contributed by atoms with Crippen molar-refractivity contribution in [3.05, 3.63) is 29.8 Å². The minimum Gasteiger partial charge on any atom is -0.496 e. The lowest BCUT2D eigenvalue weighted by atomic mass is 9.58. The van der Waals surface area contributed by atoms with E-state index in [2.05, 4.69) is 29.6 Å². The number of benzene rings is 1. The molecule has 1 aliphatic carbocycles. The lowest BCUT2D eigenvalue weighted by Crippen LogP contribution is -2.43. The fourth-order valence-corrected chi connectivity index (χ4v) is 3.20. The van der Waals surface area contributed by atoms with Gasteiger partial charge in [0.05, 0.1) is 7.11 Å². The van der Waals surface area contributed by atoms with Crippen LogP contribution in [-0.2, 0) is 5.41 Å². The maximum atomic E-state index is 5.48. The van der Waals surface area contributed by atoms with E-state index in [9.17, 15) is 0 Å². The van der Waals surface area contributed by atoms with E-state index in [1.165, 1.54) is 24.9 Å². The van der Waals surface area contributed by atoms with E-state index < -0.39 is 0 Å². The Hall–Kier alpha value is -1.02. The SMILES string of the molecule is COc1ccccc1C12CCC1CNC2. The van der Waals surface area contributed by atoms with Crippen LogP contribution in [-0.4, -0.2) is 20.2 Å². The van der Waals surface area contributed by atoms with Gasteiger partial charge < -0.3 is 10.1 Å². The van der Waals surface area contributed by atoms with Gasteiger partial charge in [0.2, 0.25) is 0 Å². The van der Waals surface area contributed by atoms with Gasteiger partial charge >= 0.3 is 0 Å². The molecule has 1 aliphatic heterocycles. The summed E-state index contributed by atoms with van der Waals surface area (Å²) in [6.07, 6.45) is 2.68. The molecule has 2 heteroatoms. The van der Waals surface area contributed by atoms with E-state index in [1.807, 2.05) is 0 Å². The van der Waals surface area contributed by atoms with E-state index in [0.717, 1.165) is 18.2 Å². The number of rotatable bonds is 2. The Bertz CT molecular complexity index is 377. The topological polar surface area (TPSA) is 21.3 Å². The molecule has 1 aromatic carbocycles. The maximum Gasteiger partial charge on any atom is 0.122 e. The minimum atomic E-state index is 0.382. The van der Waals surface area contributed by atoms with Gasteiger partial charge in [-0.05, 0) is 31.4 Å². The minimum absolute atomic E-state index is 0.382. The fraction of sp³-hybridized carbons (Fsp3) is 0.538. The molecule has 2 atom stereocenters. The van der Waals surface area contributed by atoms with E-state index in [0.29, 0.717) is 5.41 Å². The van der Waals surface area contributed by atoms with Crippen LogP contribution in [0.3, 0.4) is 0 Å². The summed E-state index contributed by atoms with van der Waals surface area (Å²) in [5.74, 6) is 1.89. The molecule has 1 aromatic rings. The van der Waals surface area contributed by atoms with Crippen molar-refractivity contribution in [2.24, 2.45) is 5.92 Å². The van der Waals surface area contributed by atoms with E-state index in [-0.39, 0.29) is 0 Å². The molecule has 15 heavy (non-hydrogen) atoms. The average molecular weight is 203 g/mol. The first kappa shape index (κ1) is 9.22. The Balaban J connectivity index is 2.05. The lowest BCUT2D eigenvalue weighted by Gasteiger charge is -2.45. The molecule has 0 radical (unpaired) electrons. The molecule has 1 saturated carbocycles. The third-order valence-corrected chi connectivity index (χ3v) is 4.19. The molecule has 0 amide bonds. The van der Waals surface area contributed by atoms with Crippen LogP contribution < -0.4 is 10.1 Å². The van der Waals surface area contributed by atoms with Crippen molar-refractivity contribution in [1.82, 2.24) is 5.32 Å². The maximum absolute atomic E-state index is 5.48. The standard InChI is InChI=1S/C13H17NO/c1-15-12-5-3-2-4-11(12)13-7-6-10(13)8-14-9-13/h2-5,10,14H,6-9H2,1H3. The monoisotopic (exact) mass is 203 g/mol. The predicted molar refractivity (Wildman–Crippen MR) is 60.3 cm³/mol. The van der Waals surface area contributed by atoms with Gasteiger partial charge in [-0.25, -0.2) is 0 Å². The van der Waals surface area contributed by atoms with Crippen molar-refractivity contribution >= 4 is 0 Å². The molecule has 80 valence electrons. The Kier molecular flexibility index (Phi) is 1.99. The van der Waals surface area contributed by atoms with Gasteiger partial charge in [-0.15, -0.1) is 0 Å². The molecular weight excluding hydrogens is 186 g/mol. The summed E-state index contributed by atoms with van der Waals surface area (Å²) in [4.78, 5) is 0. The number of nitrogens with one attached hydrogen (secondary N) is 1. The van der Waals surface area contributed by atoms with Crippen LogP contribution in [0.15, 0.2) is 24.3 Å². The van der Waals surface area contributed by atoms with Gasteiger partial charge in [0.1, 0.15) is 5.75 Å².